The predicted octanol–water partition coefficient (Wildman–Crippen LogP) is 3.35. The Morgan fingerprint density at radius 1 is 1.29 bits per heavy atom. The Hall–Kier alpha value is -2.50. The third-order valence-electron chi connectivity index (χ3n) is 5.52. The fraction of sp³-hybridized carbons (Fsp3) is 0.545. The Balaban J connectivity index is 1.94. The fourth-order valence-corrected chi connectivity index (χ4v) is 4.12. The van der Waals surface area contributed by atoms with E-state index in [1.165, 1.54) is 0 Å². The van der Waals surface area contributed by atoms with E-state index < -0.39 is 12.0 Å². The first-order valence-electron chi connectivity index (χ1n) is 9.89. The van der Waals surface area contributed by atoms with Crippen molar-refractivity contribution in [2.24, 2.45) is 11.3 Å². The van der Waals surface area contributed by atoms with Gasteiger partial charge in [0.25, 0.3) is 0 Å². The second-order valence-corrected chi connectivity index (χ2v) is 8.40. The number of carbonyl (C=O) groups is 2. The highest BCUT2D eigenvalue weighted by atomic mass is 16.5. The van der Waals surface area contributed by atoms with Crippen molar-refractivity contribution in [3.8, 4) is 11.5 Å². The van der Waals surface area contributed by atoms with Crippen molar-refractivity contribution in [2.75, 3.05) is 26.9 Å². The highest BCUT2D eigenvalue weighted by Gasteiger charge is 2.46. The van der Waals surface area contributed by atoms with E-state index in [-0.39, 0.29) is 23.8 Å². The minimum Gasteiger partial charge on any atom is -0.496 e. The molecule has 0 spiro atoms. The quantitative estimate of drug-likeness (QED) is 0.744. The topological polar surface area (TPSA) is 65.1 Å². The van der Waals surface area contributed by atoms with Gasteiger partial charge in [0, 0.05) is 29.0 Å². The summed E-state index contributed by atoms with van der Waals surface area (Å²) >= 11 is 0. The van der Waals surface area contributed by atoms with Crippen molar-refractivity contribution < 1.29 is 23.8 Å². The summed E-state index contributed by atoms with van der Waals surface area (Å²) in [6.07, 6.45) is 3.92. The Bertz CT molecular complexity index is 853. The minimum absolute atomic E-state index is 0.00305. The normalized spacial score (nSPS) is 22.4. The third-order valence-corrected chi connectivity index (χ3v) is 5.52. The number of rotatable bonds is 4. The van der Waals surface area contributed by atoms with Crippen molar-refractivity contribution in [3.05, 3.63) is 29.3 Å². The molecule has 0 bridgehead atoms. The van der Waals surface area contributed by atoms with Gasteiger partial charge >= 0.3 is 5.97 Å². The van der Waals surface area contributed by atoms with E-state index in [1.807, 2.05) is 6.07 Å². The van der Waals surface area contributed by atoms with Crippen molar-refractivity contribution in [3.63, 3.8) is 0 Å². The zero-order valence-corrected chi connectivity index (χ0v) is 16.9. The predicted molar refractivity (Wildman–Crippen MR) is 104 cm³/mol. The Labute approximate surface area is 165 Å². The highest BCUT2D eigenvalue weighted by molar-refractivity contribution is 5.94. The SMILES string of the molecule is CCOC(=O)C1c2c(OC)ccc3c2C(=CC(C)(C)CO3)CN1C(=O)C1CC1. The van der Waals surface area contributed by atoms with E-state index in [1.54, 1.807) is 25.0 Å². The van der Waals surface area contributed by atoms with Crippen LogP contribution in [0.5, 0.6) is 11.5 Å². The van der Waals surface area contributed by atoms with Gasteiger partial charge in [-0.25, -0.2) is 4.79 Å². The van der Waals surface area contributed by atoms with Gasteiger partial charge in [-0.1, -0.05) is 19.9 Å². The molecule has 1 atom stereocenters. The second-order valence-electron chi connectivity index (χ2n) is 8.40. The van der Waals surface area contributed by atoms with E-state index in [4.69, 9.17) is 14.2 Å². The van der Waals surface area contributed by atoms with E-state index in [9.17, 15) is 9.59 Å². The molecule has 0 radical (unpaired) electrons. The Morgan fingerprint density at radius 2 is 2.04 bits per heavy atom. The largest absolute Gasteiger partial charge is 0.496 e. The lowest BCUT2D eigenvalue weighted by molar-refractivity contribution is -0.155. The first-order chi connectivity index (χ1) is 13.4. The molecule has 4 rings (SSSR count). The molecule has 1 amide bonds. The molecule has 6 heteroatoms. The van der Waals surface area contributed by atoms with Crippen LogP contribution >= 0.6 is 0 Å². The molecule has 1 saturated carbocycles. The van der Waals surface area contributed by atoms with E-state index in [0.717, 1.165) is 29.7 Å². The summed E-state index contributed by atoms with van der Waals surface area (Å²) in [6.45, 7) is 7.13. The van der Waals surface area contributed by atoms with Crippen LogP contribution in [0.1, 0.15) is 50.8 Å². The molecule has 0 N–H and O–H groups in total. The van der Waals surface area contributed by atoms with Crippen molar-refractivity contribution >= 4 is 17.4 Å². The van der Waals surface area contributed by atoms with Gasteiger partial charge in [0.1, 0.15) is 11.5 Å². The number of hydrogen-bond donors (Lipinski definition) is 0. The van der Waals surface area contributed by atoms with Gasteiger partial charge in [-0.2, -0.15) is 0 Å². The molecule has 6 nitrogen and oxygen atoms in total. The van der Waals surface area contributed by atoms with Gasteiger partial charge in [0.2, 0.25) is 5.91 Å². The second kappa shape index (κ2) is 6.83. The fourth-order valence-electron chi connectivity index (χ4n) is 4.12. The van der Waals surface area contributed by atoms with E-state index in [0.29, 0.717) is 24.5 Å². The first kappa shape index (κ1) is 18.8. The lowest BCUT2D eigenvalue weighted by Gasteiger charge is -2.38. The summed E-state index contributed by atoms with van der Waals surface area (Å²) in [7, 11) is 1.58. The summed E-state index contributed by atoms with van der Waals surface area (Å²) in [4.78, 5) is 27.8. The van der Waals surface area contributed by atoms with Crippen LogP contribution in [0.25, 0.3) is 5.57 Å². The van der Waals surface area contributed by atoms with Crippen LogP contribution < -0.4 is 9.47 Å². The maximum atomic E-state index is 13.1. The van der Waals surface area contributed by atoms with Crippen LogP contribution in [0.4, 0.5) is 0 Å². The minimum atomic E-state index is -0.820. The van der Waals surface area contributed by atoms with Crippen LogP contribution in [0.2, 0.25) is 0 Å². The number of nitrogens with zero attached hydrogens (tertiary/aromatic N) is 1. The zero-order chi connectivity index (χ0) is 20.1. The molecule has 28 heavy (non-hydrogen) atoms. The Kier molecular flexibility index (Phi) is 4.60. The lowest BCUT2D eigenvalue weighted by atomic mass is 9.83. The number of methoxy groups -OCH3 is 1. The van der Waals surface area contributed by atoms with Gasteiger partial charge < -0.3 is 19.1 Å². The molecular formula is C22H27NO5. The van der Waals surface area contributed by atoms with E-state index >= 15 is 0 Å². The number of benzene rings is 1. The van der Waals surface area contributed by atoms with Gasteiger partial charge in [-0.3, -0.25) is 4.79 Å². The van der Waals surface area contributed by atoms with Crippen molar-refractivity contribution in [1.82, 2.24) is 4.90 Å². The van der Waals surface area contributed by atoms with E-state index in [2.05, 4.69) is 19.9 Å². The molecule has 0 saturated heterocycles. The number of esters is 1. The molecule has 1 aromatic carbocycles. The molecule has 150 valence electrons. The Morgan fingerprint density at radius 3 is 2.68 bits per heavy atom. The number of carbonyl (C=O) groups excluding carboxylic acids is 2. The van der Waals surface area contributed by atoms with Crippen LogP contribution in [-0.4, -0.2) is 43.6 Å². The first-order valence-corrected chi connectivity index (χ1v) is 9.89. The van der Waals surface area contributed by atoms with Crippen LogP contribution in [0.3, 0.4) is 0 Å². The summed E-state index contributed by atoms with van der Waals surface area (Å²) in [5.74, 6) is 0.883. The molecule has 2 heterocycles. The summed E-state index contributed by atoms with van der Waals surface area (Å²) in [5, 5.41) is 0. The number of ether oxygens (including phenoxy) is 3. The zero-order valence-electron chi connectivity index (χ0n) is 16.9. The van der Waals surface area contributed by atoms with Crippen molar-refractivity contribution in [1.29, 1.82) is 0 Å². The van der Waals surface area contributed by atoms with Crippen molar-refractivity contribution in [2.45, 2.75) is 39.7 Å². The molecular weight excluding hydrogens is 358 g/mol. The molecule has 1 aromatic rings. The molecule has 0 aromatic heterocycles. The lowest BCUT2D eigenvalue weighted by Crippen LogP contribution is -2.44. The molecule has 1 fully saturated rings. The molecule has 3 aliphatic rings. The number of amides is 1. The summed E-state index contributed by atoms with van der Waals surface area (Å²) in [6, 6.07) is 2.87. The smallest absolute Gasteiger partial charge is 0.333 e. The van der Waals surface area contributed by atoms with Crippen LogP contribution in [0.15, 0.2) is 18.2 Å². The van der Waals surface area contributed by atoms with Gasteiger partial charge in [-0.05, 0) is 37.5 Å². The maximum absolute atomic E-state index is 13.1. The van der Waals surface area contributed by atoms with Gasteiger partial charge in [0.05, 0.1) is 20.3 Å². The van der Waals surface area contributed by atoms with Gasteiger partial charge in [0.15, 0.2) is 6.04 Å². The highest BCUT2D eigenvalue weighted by Crippen LogP contribution is 2.49. The molecule has 1 unspecified atom stereocenters. The number of hydrogen-bond acceptors (Lipinski definition) is 5. The third kappa shape index (κ3) is 3.15. The monoisotopic (exact) mass is 385 g/mol. The standard InChI is InChI=1S/C22H27NO5/c1-5-27-21(25)19-18-15(26-4)8-9-16-17(18)14(10-22(2,3)12-28-16)11-23(19)20(24)13-6-7-13/h8-10,13,19H,5-7,11-12H2,1-4H3. The average Bonchev–Trinajstić information content (AvgIpc) is 3.50. The average molecular weight is 385 g/mol. The van der Waals surface area contributed by atoms with Crippen LogP contribution in [-0.2, 0) is 14.3 Å². The van der Waals surface area contributed by atoms with Gasteiger partial charge in [-0.15, -0.1) is 0 Å². The van der Waals surface area contributed by atoms with Crippen LogP contribution in [0, 0.1) is 11.3 Å². The molecule has 2 aliphatic heterocycles. The molecule has 1 aliphatic carbocycles. The summed E-state index contributed by atoms with van der Waals surface area (Å²) < 4.78 is 17.1. The maximum Gasteiger partial charge on any atom is 0.333 e. The summed E-state index contributed by atoms with van der Waals surface area (Å²) in [5.41, 5.74) is 2.34.